The van der Waals surface area contributed by atoms with Gasteiger partial charge in [-0.05, 0) is 117 Å². The van der Waals surface area contributed by atoms with Gasteiger partial charge in [0.05, 0.1) is 23.9 Å². The summed E-state index contributed by atoms with van der Waals surface area (Å²) in [4.78, 5) is 0. The fraction of sp³-hybridized carbons (Fsp3) is 0.933. The minimum Gasteiger partial charge on any atom is -0.393 e. The summed E-state index contributed by atoms with van der Waals surface area (Å²) in [7, 11) is 0. The molecule has 0 spiro atoms. The third kappa shape index (κ3) is 3.60. The molecular weight excluding hydrogens is 424 g/mol. The van der Waals surface area contributed by atoms with Crippen LogP contribution in [0.4, 0.5) is 0 Å². The maximum absolute atomic E-state index is 11.8. The first-order valence-corrected chi connectivity index (χ1v) is 13.9. The average molecular weight is 477 g/mol. The molecule has 34 heavy (non-hydrogen) atoms. The van der Waals surface area contributed by atoms with Crippen molar-refractivity contribution in [1.82, 2.24) is 0 Å². The van der Waals surface area contributed by atoms with Crippen molar-refractivity contribution in [2.45, 2.75) is 131 Å². The number of allylic oxidation sites excluding steroid dienone is 2. The van der Waals surface area contributed by atoms with E-state index in [0.29, 0.717) is 5.92 Å². The number of aliphatic hydroxyl groups is 4. The fourth-order valence-electron chi connectivity index (χ4n) is 10.5. The smallest absolute Gasteiger partial charge is 0.0654 e. The largest absolute Gasteiger partial charge is 0.393 e. The van der Waals surface area contributed by atoms with E-state index in [9.17, 15) is 20.4 Å². The summed E-state index contributed by atoms with van der Waals surface area (Å²) in [6, 6.07) is 0. The quantitative estimate of drug-likeness (QED) is 0.406. The molecule has 4 aliphatic carbocycles. The van der Waals surface area contributed by atoms with Gasteiger partial charge in [0, 0.05) is 0 Å². The summed E-state index contributed by atoms with van der Waals surface area (Å²) in [5.41, 5.74) is -0.230. The Hall–Kier alpha value is -0.420. The molecule has 2 unspecified atom stereocenters. The molecule has 0 aromatic heterocycles. The van der Waals surface area contributed by atoms with E-state index < -0.39 is 23.9 Å². The van der Waals surface area contributed by atoms with Gasteiger partial charge in [-0.15, -0.1) is 0 Å². The van der Waals surface area contributed by atoms with Crippen LogP contribution in [0.25, 0.3) is 0 Å². The van der Waals surface area contributed by atoms with Gasteiger partial charge in [0.2, 0.25) is 0 Å². The van der Waals surface area contributed by atoms with Crippen LogP contribution in [0.2, 0.25) is 0 Å². The van der Waals surface area contributed by atoms with Gasteiger partial charge in [-0.25, -0.2) is 0 Å². The molecule has 0 bridgehead atoms. The summed E-state index contributed by atoms with van der Waals surface area (Å²) in [6.45, 7) is 17.5. The van der Waals surface area contributed by atoms with Crippen LogP contribution in [0.1, 0.15) is 107 Å². The predicted octanol–water partition coefficient (Wildman–Crippen LogP) is 5.47. The number of aliphatic hydroxyl groups excluding tert-OH is 3. The monoisotopic (exact) mass is 476 g/mol. The average Bonchev–Trinajstić information content (AvgIpc) is 3.07. The van der Waals surface area contributed by atoms with Crippen molar-refractivity contribution in [3.05, 3.63) is 11.6 Å². The lowest BCUT2D eigenvalue weighted by molar-refractivity contribution is -0.274. The Morgan fingerprint density at radius 2 is 1.59 bits per heavy atom. The first-order chi connectivity index (χ1) is 15.5. The van der Waals surface area contributed by atoms with Crippen molar-refractivity contribution in [1.29, 1.82) is 0 Å². The molecule has 4 N–H and O–H groups in total. The third-order valence-corrected chi connectivity index (χ3v) is 12.3. The first kappa shape index (κ1) is 26.6. The number of hydrogen-bond acceptors (Lipinski definition) is 4. The molecule has 0 aromatic rings. The van der Waals surface area contributed by atoms with E-state index in [-0.39, 0.29) is 39.4 Å². The minimum absolute atomic E-state index is 0.0264. The van der Waals surface area contributed by atoms with Gasteiger partial charge < -0.3 is 20.4 Å². The summed E-state index contributed by atoms with van der Waals surface area (Å²) in [5.74, 6) is 0.442. The number of fused-ring (bicyclic) bond motifs is 5. The van der Waals surface area contributed by atoms with Gasteiger partial charge in [-0.3, -0.25) is 0 Å². The van der Waals surface area contributed by atoms with Gasteiger partial charge >= 0.3 is 0 Å². The molecule has 4 fully saturated rings. The molecule has 0 saturated heterocycles. The lowest BCUT2D eigenvalue weighted by Crippen LogP contribution is -2.69. The molecule has 0 amide bonds. The Labute approximate surface area is 208 Å². The van der Waals surface area contributed by atoms with E-state index in [0.717, 1.165) is 51.4 Å². The van der Waals surface area contributed by atoms with Crippen molar-refractivity contribution in [2.75, 3.05) is 0 Å². The summed E-state index contributed by atoms with van der Waals surface area (Å²) < 4.78 is 0. The standard InChI is InChI=1S/C30H52O4/c1-18(2)10-9-13-30(8,34)19-11-15-28(6)24(19)20(31)16-22-27(5)14-12-23(33)26(3,4)25(27)21(32)17-29(22,28)7/h10,19-25,31-34H,9,11-17H2,1-8H3/t19?,20-,21+,22-,23+,24?,25+,27-,28-,29-,30+/m1/s1. The molecule has 0 aliphatic heterocycles. The van der Waals surface area contributed by atoms with Crippen LogP contribution >= 0.6 is 0 Å². The van der Waals surface area contributed by atoms with Crippen LogP contribution in [-0.4, -0.2) is 44.3 Å². The van der Waals surface area contributed by atoms with Crippen LogP contribution in [0.5, 0.6) is 0 Å². The Bertz CT molecular complexity index is 813. The maximum atomic E-state index is 11.8. The summed E-state index contributed by atoms with van der Waals surface area (Å²) in [6.07, 6.45) is 7.54. The molecule has 4 heteroatoms. The third-order valence-electron chi connectivity index (χ3n) is 12.3. The lowest BCUT2D eigenvalue weighted by Gasteiger charge is -2.71. The minimum atomic E-state index is -0.810. The zero-order valence-corrected chi connectivity index (χ0v) is 23.1. The van der Waals surface area contributed by atoms with Crippen LogP contribution in [0.3, 0.4) is 0 Å². The first-order valence-electron chi connectivity index (χ1n) is 13.9. The molecule has 0 radical (unpaired) electrons. The van der Waals surface area contributed by atoms with Gasteiger partial charge in [-0.2, -0.15) is 0 Å². The maximum Gasteiger partial charge on any atom is 0.0654 e. The fourth-order valence-corrected chi connectivity index (χ4v) is 10.5. The highest BCUT2D eigenvalue weighted by atomic mass is 16.3. The van der Waals surface area contributed by atoms with Crippen LogP contribution in [0, 0.1) is 45.3 Å². The van der Waals surface area contributed by atoms with Gasteiger partial charge in [0.25, 0.3) is 0 Å². The predicted molar refractivity (Wildman–Crippen MR) is 137 cm³/mol. The van der Waals surface area contributed by atoms with Crippen LogP contribution < -0.4 is 0 Å². The van der Waals surface area contributed by atoms with E-state index >= 15 is 0 Å². The Balaban J connectivity index is 1.70. The topological polar surface area (TPSA) is 80.9 Å². The number of rotatable bonds is 4. The second-order valence-electron chi connectivity index (χ2n) is 14.7. The van der Waals surface area contributed by atoms with Crippen molar-refractivity contribution in [3.8, 4) is 0 Å². The van der Waals surface area contributed by atoms with Gasteiger partial charge in [0.15, 0.2) is 0 Å². The normalized spacial score (nSPS) is 51.6. The molecule has 4 saturated carbocycles. The Morgan fingerprint density at radius 1 is 0.941 bits per heavy atom. The molecule has 0 heterocycles. The molecule has 4 nitrogen and oxygen atoms in total. The highest BCUT2D eigenvalue weighted by Gasteiger charge is 2.72. The van der Waals surface area contributed by atoms with E-state index in [4.69, 9.17) is 0 Å². The molecule has 4 rings (SSSR count). The van der Waals surface area contributed by atoms with E-state index in [1.54, 1.807) is 0 Å². The second-order valence-corrected chi connectivity index (χ2v) is 14.7. The van der Waals surface area contributed by atoms with Crippen molar-refractivity contribution < 1.29 is 20.4 Å². The van der Waals surface area contributed by atoms with Gasteiger partial charge in [0.1, 0.15) is 0 Å². The van der Waals surface area contributed by atoms with E-state index in [2.05, 4.69) is 54.5 Å². The Kier molecular flexibility index (Phi) is 6.50. The molecule has 4 aliphatic rings. The lowest BCUT2D eigenvalue weighted by atomic mass is 9.34. The summed E-state index contributed by atoms with van der Waals surface area (Å²) in [5, 5.41) is 46.0. The van der Waals surface area contributed by atoms with Crippen molar-refractivity contribution >= 4 is 0 Å². The zero-order chi connectivity index (χ0) is 25.5. The molecule has 196 valence electrons. The highest BCUT2D eigenvalue weighted by Crippen LogP contribution is 2.75. The molecular formula is C30H52O4. The SMILES string of the molecule is CC(C)=CCC[C@](C)(O)C1CC[C@]2(C)C1[C@H](O)C[C@@H]1[C@@]3(C)CC[C@H](O)C(C)(C)[C@@H]3[C@@H](O)C[C@]12C. The van der Waals surface area contributed by atoms with E-state index in [1.165, 1.54) is 5.57 Å². The Morgan fingerprint density at radius 3 is 2.21 bits per heavy atom. The van der Waals surface area contributed by atoms with Crippen molar-refractivity contribution in [3.63, 3.8) is 0 Å². The highest BCUT2D eigenvalue weighted by molar-refractivity contribution is 5.21. The molecule has 0 aromatic carbocycles. The van der Waals surface area contributed by atoms with E-state index in [1.807, 2.05) is 6.92 Å². The zero-order valence-electron chi connectivity index (χ0n) is 23.1. The summed E-state index contributed by atoms with van der Waals surface area (Å²) >= 11 is 0. The van der Waals surface area contributed by atoms with Gasteiger partial charge in [-0.1, -0.05) is 46.3 Å². The van der Waals surface area contributed by atoms with Crippen molar-refractivity contribution in [2.24, 2.45) is 45.3 Å². The van der Waals surface area contributed by atoms with Crippen LogP contribution in [-0.2, 0) is 0 Å². The van der Waals surface area contributed by atoms with Crippen LogP contribution in [0.15, 0.2) is 11.6 Å². The number of hydrogen-bond donors (Lipinski definition) is 4. The second kappa shape index (κ2) is 8.30. The molecule has 11 atom stereocenters.